The number of hydrogen-bond acceptors (Lipinski definition) is 1. The van der Waals surface area contributed by atoms with E-state index in [-0.39, 0.29) is 5.41 Å². The van der Waals surface area contributed by atoms with Crippen molar-refractivity contribution in [2.75, 3.05) is 0 Å². The smallest absolute Gasteiger partial charge is 0.124 e. The zero-order valence-electron chi connectivity index (χ0n) is 10.2. The van der Waals surface area contributed by atoms with Gasteiger partial charge in [-0.3, -0.25) is 0 Å². The molecule has 0 N–H and O–H groups in total. The molecule has 0 fully saturated rings. The summed E-state index contributed by atoms with van der Waals surface area (Å²) < 4.78 is 0. The number of hydrogen-bond donors (Lipinski definition) is 0. The standard InChI is InChI=1S/C15H18O/c1-15(2,3)14(11-12-16)10-9-13-7-5-4-6-8-13/h4-9,12H,11H2,1-3H3. The van der Waals surface area contributed by atoms with Gasteiger partial charge in [0.05, 0.1) is 0 Å². The minimum Gasteiger partial charge on any atom is -0.303 e. The van der Waals surface area contributed by atoms with Gasteiger partial charge in [-0.05, 0) is 22.6 Å². The van der Waals surface area contributed by atoms with Crippen molar-refractivity contribution in [3.05, 3.63) is 47.2 Å². The van der Waals surface area contributed by atoms with Crippen LogP contribution in [0.15, 0.2) is 41.6 Å². The predicted octanol–water partition coefficient (Wildman–Crippen LogP) is 3.86. The Morgan fingerprint density at radius 2 is 1.88 bits per heavy atom. The Morgan fingerprint density at radius 1 is 1.25 bits per heavy atom. The van der Waals surface area contributed by atoms with Crippen molar-refractivity contribution in [3.63, 3.8) is 0 Å². The highest BCUT2D eigenvalue weighted by Gasteiger charge is 2.15. The van der Waals surface area contributed by atoms with Crippen molar-refractivity contribution in [1.29, 1.82) is 0 Å². The third kappa shape index (κ3) is 3.88. The maximum absolute atomic E-state index is 10.6. The van der Waals surface area contributed by atoms with Gasteiger partial charge in [-0.2, -0.15) is 0 Å². The zero-order chi connectivity index (χ0) is 12.0. The van der Waals surface area contributed by atoms with Gasteiger partial charge in [0.15, 0.2) is 0 Å². The highest BCUT2D eigenvalue weighted by atomic mass is 16.1. The largest absolute Gasteiger partial charge is 0.303 e. The Kier molecular flexibility index (Phi) is 4.28. The van der Waals surface area contributed by atoms with E-state index >= 15 is 0 Å². The van der Waals surface area contributed by atoms with Crippen LogP contribution in [0.4, 0.5) is 0 Å². The van der Waals surface area contributed by atoms with Crippen LogP contribution in [0.25, 0.3) is 6.08 Å². The molecule has 0 atom stereocenters. The average molecular weight is 214 g/mol. The number of aldehydes is 1. The first-order chi connectivity index (χ1) is 7.54. The lowest BCUT2D eigenvalue weighted by molar-refractivity contribution is -0.107. The normalized spacial score (nSPS) is 10.4. The molecule has 1 nitrogen and oxygen atoms in total. The van der Waals surface area contributed by atoms with Crippen LogP contribution >= 0.6 is 0 Å². The lowest BCUT2D eigenvalue weighted by Crippen LogP contribution is -2.08. The molecule has 0 heterocycles. The van der Waals surface area contributed by atoms with Crippen LogP contribution in [-0.4, -0.2) is 6.29 Å². The fraction of sp³-hybridized carbons (Fsp3) is 0.333. The monoisotopic (exact) mass is 214 g/mol. The van der Waals surface area contributed by atoms with Gasteiger partial charge >= 0.3 is 0 Å². The second kappa shape index (κ2) is 5.48. The van der Waals surface area contributed by atoms with Gasteiger partial charge in [0.25, 0.3) is 0 Å². The fourth-order valence-corrected chi connectivity index (χ4v) is 1.38. The van der Waals surface area contributed by atoms with Gasteiger partial charge in [0, 0.05) is 6.42 Å². The van der Waals surface area contributed by atoms with Gasteiger partial charge in [0.1, 0.15) is 6.29 Å². The van der Waals surface area contributed by atoms with Crippen LogP contribution in [0, 0.1) is 5.41 Å². The molecule has 0 saturated carbocycles. The Bertz CT molecular complexity index is 401. The number of benzene rings is 1. The molecule has 0 amide bonds. The molecule has 0 aliphatic rings. The van der Waals surface area contributed by atoms with Crippen molar-refractivity contribution in [2.24, 2.45) is 5.41 Å². The third-order valence-electron chi connectivity index (χ3n) is 2.41. The van der Waals surface area contributed by atoms with E-state index in [1.807, 2.05) is 36.4 Å². The highest BCUT2D eigenvalue weighted by Crippen LogP contribution is 2.26. The van der Waals surface area contributed by atoms with Crippen LogP contribution in [-0.2, 0) is 4.79 Å². The van der Waals surface area contributed by atoms with Crippen LogP contribution in [0.1, 0.15) is 32.8 Å². The highest BCUT2D eigenvalue weighted by molar-refractivity contribution is 5.57. The van der Waals surface area contributed by atoms with Crippen molar-refractivity contribution >= 4 is 12.4 Å². The molecule has 0 unspecified atom stereocenters. The molecule has 0 bridgehead atoms. The van der Waals surface area contributed by atoms with E-state index in [1.165, 1.54) is 0 Å². The lowest BCUT2D eigenvalue weighted by Gasteiger charge is -2.18. The number of carbonyl (C=O) groups excluding carboxylic acids is 1. The van der Waals surface area contributed by atoms with Gasteiger partial charge in [-0.15, -0.1) is 5.73 Å². The predicted molar refractivity (Wildman–Crippen MR) is 68.1 cm³/mol. The molecule has 1 aromatic rings. The first-order valence-electron chi connectivity index (χ1n) is 5.49. The molecule has 0 aliphatic carbocycles. The van der Waals surface area contributed by atoms with Crippen LogP contribution in [0.5, 0.6) is 0 Å². The summed E-state index contributed by atoms with van der Waals surface area (Å²) in [7, 11) is 0. The van der Waals surface area contributed by atoms with E-state index in [9.17, 15) is 4.79 Å². The maximum atomic E-state index is 10.6. The van der Waals surface area contributed by atoms with E-state index < -0.39 is 0 Å². The molecule has 1 aromatic carbocycles. The van der Waals surface area contributed by atoms with Crippen LogP contribution in [0.2, 0.25) is 0 Å². The topological polar surface area (TPSA) is 17.1 Å². The lowest BCUT2D eigenvalue weighted by atomic mass is 9.85. The summed E-state index contributed by atoms with van der Waals surface area (Å²) in [5.74, 6) is 0. The van der Waals surface area contributed by atoms with Crippen LogP contribution in [0.3, 0.4) is 0 Å². The minimum absolute atomic E-state index is 0.00775. The molecule has 84 valence electrons. The number of allylic oxidation sites excluding steroid dienone is 1. The Balaban J connectivity index is 3.03. The van der Waals surface area contributed by atoms with Crippen LogP contribution < -0.4 is 0 Å². The van der Waals surface area contributed by atoms with E-state index in [0.29, 0.717) is 6.42 Å². The molecule has 0 spiro atoms. The van der Waals surface area contributed by atoms with E-state index in [1.54, 1.807) is 0 Å². The quantitative estimate of drug-likeness (QED) is 0.551. The van der Waals surface area contributed by atoms with E-state index in [4.69, 9.17) is 0 Å². The van der Waals surface area contributed by atoms with Gasteiger partial charge in [-0.25, -0.2) is 0 Å². The summed E-state index contributed by atoms with van der Waals surface area (Å²) in [4.78, 5) is 10.6. The summed E-state index contributed by atoms with van der Waals surface area (Å²) in [6, 6.07) is 10.0. The Morgan fingerprint density at radius 3 is 2.38 bits per heavy atom. The Labute approximate surface area is 97.5 Å². The molecule has 0 aliphatic heterocycles. The third-order valence-corrected chi connectivity index (χ3v) is 2.41. The SMILES string of the molecule is CC(C)(C)C(=C=Cc1ccccc1)CC=O. The second-order valence-electron chi connectivity index (χ2n) is 4.80. The summed E-state index contributed by atoms with van der Waals surface area (Å²) >= 11 is 0. The molecular formula is C15H18O. The summed E-state index contributed by atoms with van der Waals surface area (Å²) in [6.07, 6.45) is 3.32. The van der Waals surface area contributed by atoms with E-state index in [2.05, 4.69) is 26.5 Å². The van der Waals surface area contributed by atoms with Gasteiger partial charge < -0.3 is 4.79 Å². The first-order valence-corrected chi connectivity index (χ1v) is 5.49. The van der Waals surface area contributed by atoms with Crippen molar-refractivity contribution < 1.29 is 4.79 Å². The summed E-state index contributed by atoms with van der Waals surface area (Å²) in [5, 5.41) is 0. The molecular weight excluding hydrogens is 196 g/mol. The van der Waals surface area contributed by atoms with Crippen molar-refractivity contribution in [1.82, 2.24) is 0 Å². The fourth-order valence-electron chi connectivity index (χ4n) is 1.38. The molecule has 0 saturated heterocycles. The molecule has 1 heteroatoms. The molecule has 0 radical (unpaired) electrons. The second-order valence-corrected chi connectivity index (χ2v) is 4.80. The van der Waals surface area contributed by atoms with E-state index in [0.717, 1.165) is 17.4 Å². The molecule has 16 heavy (non-hydrogen) atoms. The maximum Gasteiger partial charge on any atom is 0.124 e. The minimum atomic E-state index is -0.00775. The average Bonchev–Trinajstić information content (AvgIpc) is 2.24. The number of rotatable bonds is 3. The van der Waals surface area contributed by atoms with Gasteiger partial charge in [0.2, 0.25) is 0 Å². The molecule has 1 rings (SSSR count). The Hall–Kier alpha value is -1.59. The summed E-state index contributed by atoms with van der Waals surface area (Å²) in [6.45, 7) is 6.28. The van der Waals surface area contributed by atoms with Gasteiger partial charge in [-0.1, -0.05) is 51.1 Å². The first kappa shape index (κ1) is 12.5. The molecule has 0 aromatic heterocycles. The zero-order valence-corrected chi connectivity index (χ0v) is 10.2. The van der Waals surface area contributed by atoms with Crippen molar-refractivity contribution in [3.8, 4) is 0 Å². The number of carbonyl (C=O) groups is 1. The van der Waals surface area contributed by atoms with Crippen molar-refractivity contribution in [2.45, 2.75) is 27.2 Å². The summed E-state index contributed by atoms with van der Waals surface area (Å²) in [5.41, 5.74) is 5.37.